The van der Waals surface area contributed by atoms with Gasteiger partial charge < -0.3 is 25.8 Å². The third-order valence-corrected chi connectivity index (χ3v) is 7.47. The number of hydrogen-bond donors (Lipinski definition) is 5. The van der Waals surface area contributed by atoms with Crippen LogP contribution < -0.4 is 27.2 Å². The summed E-state index contributed by atoms with van der Waals surface area (Å²) in [5.41, 5.74) is 16.2. The van der Waals surface area contributed by atoms with E-state index in [1.165, 1.54) is 0 Å². The van der Waals surface area contributed by atoms with E-state index in [4.69, 9.17) is 15.2 Å². The molecule has 0 saturated carbocycles. The van der Waals surface area contributed by atoms with E-state index in [0.717, 1.165) is 22.3 Å². The van der Waals surface area contributed by atoms with Gasteiger partial charge in [0.05, 0.1) is 6.04 Å². The second-order valence-corrected chi connectivity index (χ2v) is 11.4. The largest absolute Gasteiger partial charge is 0.447 e. The van der Waals surface area contributed by atoms with Crippen LogP contribution in [0.15, 0.2) is 72.8 Å². The summed E-state index contributed by atoms with van der Waals surface area (Å²) >= 11 is 0. The molecule has 0 radical (unpaired) electrons. The Labute approximate surface area is 263 Å². The molecule has 4 rings (SSSR count). The van der Waals surface area contributed by atoms with Crippen molar-refractivity contribution in [3.63, 3.8) is 0 Å². The van der Waals surface area contributed by atoms with Crippen LogP contribution in [0.25, 0.3) is 11.1 Å². The zero-order valence-electron chi connectivity index (χ0n) is 25.8. The van der Waals surface area contributed by atoms with Crippen LogP contribution in [-0.2, 0) is 25.7 Å². The van der Waals surface area contributed by atoms with E-state index in [1.54, 1.807) is 24.3 Å². The summed E-state index contributed by atoms with van der Waals surface area (Å²) in [6.45, 7) is 5.91. The highest BCUT2D eigenvalue weighted by molar-refractivity contribution is 5.94. The molecule has 0 bridgehead atoms. The number of hydrazine groups is 1. The summed E-state index contributed by atoms with van der Waals surface area (Å²) in [4.78, 5) is 49.9. The molecule has 0 unspecified atom stereocenters. The number of carbonyl (C=O) groups excluding carboxylic acids is 4. The molecule has 3 aromatic rings. The number of rotatable bonds is 12. The Bertz CT molecular complexity index is 1450. The van der Waals surface area contributed by atoms with E-state index in [2.05, 4.69) is 21.5 Å². The van der Waals surface area contributed by atoms with Gasteiger partial charge >= 0.3 is 12.2 Å². The number of amides is 4. The molecule has 238 valence electrons. The highest BCUT2D eigenvalue weighted by atomic mass is 16.6. The number of carbonyl (C=O) groups is 4. The Morgan fingerprint density at radius 2 is 1.42 bits per heavy atom. The van der Waals surface area contributed by atoms with E-state index < -0.39 is 30.2 Å². The van der Waals surface area contributed by atoms with Gasteiger partial charge in [-0.3, -0.25) is 15.0 Å². The summed E-state index contributed by atoms with van der Waals surface area (Å²) in [6.07, 6.45) is -0.112. The average molecular weight is 616 g/mol. The van der Waals surface area contributed by atoms with Crippen LogP contribution >= 0.6 is 0 Å². The number of hydrogen-bond acceptors (Lipinski definition) is 7. The molecular weight excluding hydrogens is 574 g/mol. The molecule has 45 heavy (non-hydrogen) atoms. The quantitative estimate of drug-likeness (QED) is 0.180. The lowest BCUT2D eigenvalue weighted by Gasteiger charge is -2.19. The Morgan fingerprint density at radius 1 is 0.800 bits per heavy atom. The maximum Gasteiger partial charge on any atom is 0.426 e. The highest BCUT2D eigenvalue weighted by Crippen LogP contribution is 2.44. The second-order valence-electron chi connectivity index (χ2n) is 11.4. The van der Waals surface area contributed by atoms with Gasteiger partial charge in [-0.05, 0) is 58.7 Å². The summed E-state index contributed by atoms with van der Waals surface area (Å²) in [5.74, 6) is -0.693. The Balaban J connectivity index is 1.21. The SMILES string of the molecule is CCC[C@@H](NC(=O)OCc1ccc(NC(=O)[C@@H](N)CC(C)C)cc1)C(=O)NNC(=O)OCC1c2ccccc2-c2ccccc21. The van der Waals surface area contributed by atoms with Crippen molar-refractivity contribution in [1.82, 2.24) is 16.2 Å². The molecule has 0 saturated heterocycles. The summed E-state index contributed by atoms with van der Waals surface area (Å²) < 4.78 is 10.7. The van der Waals surface area contributed by atoms with E-state index in [1.807, 2.05) is 69.3 Å². The van der Waals surface area contributed by atoms with Crippen molar-refractivity contribution < 1.29 is 28.7 Å². The van der Waals surface area contributed by atoms with Gasteiger partial charge in [-0.25, -0.2) is 15.0 Å². The number of benzene rings is 3. The molecule has 11 nitrogen and oxygen atoms in total. The van der Waals surface area contributed by atoms with E-state index >= 15 is 0 Å². The summed E-state index contributed by atoms with van der Waals surface area (Å²) in [5, 5.41) is 5.31. The van der Waals surface area contributed by atoms with Crippen LogP contribution in [-0.4, -0.2) is 42.7 Å². The molecule has 0 heterocycles. The topological polar surface area (TPSA) is 161 Å². The predicted octanol–water partition coefficient (Wildman–Crippen LogP) is 4.96. The molecule has 2 atom stereocenters. The number of ether oxygens (including phenoxy) is 2. The van der Waals surface area contributed by atoms with Gasteiger partial charge in [0.15, 0.2) is 0 Å². The van der Waals surface area contributed by atoms with Crippen molar-refractivity contribution in [3.05, 3.63) is 89.5 Å². The molecule has 11 heteroatoms. The first-order chi connectivity index (χ1) is 21.7. The number of nitrogens with two attached hydrogens (primary N) is 1. The van der Waals surface area contributed by atoms with Gasteiger partial charge in [0.2, 0.25) is 5.91 Å². The van der Waals surface area contributed by atoms with Gasteiger partial charge in [-0.2, -0.15) is 0 Å². The molecule has 1 aliphatic rings. The van der Waals surface area contributed by atoms with Crippen molar-refractivity contribution in [2.45, 2.75) is 64.6 Å². The van der Waals surface area contributed by atoms with Gasteiger partial charge in [-0.15, -0.1) is 0 Å². The first-order valence-electron chi connectivity index (χ1n) is 15.2. The normalized spacial score (nSPS) is 13.2. The van der Waals surface area contributed by atoms with Crippen molar-refractivity contribution >= 4 is 29.7 Å². The highest BCUT2D eigenvalue weighted by Gasteiger charge is 2.29. The molecule has 0 spiro atoms. The molecule has 1 aliphatic carbocycles. The lowest BCUT2D eigenvalue weighted by atomic mass is 9.98. The maximum atomic E-state index is 12.8. The number of anilines is 1. The van der Waals surface area contributed by atoms with Gasteiger partial charge in [0.1, 0.15) is 19.3 Å². The Hall–Kier alpha value is -4.90. The zero-order chi connectivity index (χ0) is 32.3. The second kappa shape index (κ2) is 15.7. The van der Waals surface area contributed by atoms with Crippen LogP contribution in [0.3, 0.4) is 0 Å². The molecule has 4 amide bonds. The van der Waals surface area contributed by atoms with Crippen LogP contribution in [0.4, 0.5) is 15.3 Å². The predicted molar refractivity (Wildman–Crippen MR) is 171 cm³/mol. The minimum atomic E-state index is -0.941. The van der Waals surface area contributed by atoms with Crippen molar-refractivity contribution in [3.8, 4) is 11.1 Å². The van der Waals surface area contributed by atoms with Crippen LogP contribution in [0.2, 0.25) is 0 Å². The minimum Gasteiger partial charge on any atom is -0.447 e. The molecule has 0 aromatic heterocycles. The summed E-state index contributed by atoms with van der Waals surface area (Å²) in [6, 6.07) is 21.3. The van der Waals surface area contributed by atoms with E-state index in [0.29, 0.717) is 36.4 Å². The van der Waals surface area contributed by atoms with Gasteiger partial charge in [0, 0.05) is 11.6 Å². The third kappa shape index (κ3) is 9.05. The van der Waals surface area contributed by atoms with Crippen LogP contribution in [0.1, 0.15) is 62.6 Å². The first-order valence-corrected chi connectivity index (χ1v) is 15.2. The van der Waals surface area contributed by atoms with Crippen LogP contribution in [0, 0.1) is 5.92 Å². The van der Waals surface area contributed by atoms with E-state index in [-0.39, 0.29) is 25.0 Å². The fraction of sp³-hybridized carbons (Fsp3) is 0.353. The standard InChI is InChI=1S/C34H41N5O6/c1-4-9-30(37-33(42)44-19-22-14-16-23(17-15-22)36-31(40)29(35)18-21(2)3)32(41)38-39-34(43)45-20-28-26-12-7-5-10-24(26)25-11-6-8-13-27(25)28/h5-8,10-17,21,28-30H,4,9,18-20,35H2,1-3H3,(H,36,40)(H,37,42)(H,38,41)(H,39,43)/t29-,30+/m0/s1. The number of alkyl carbamates (subject to hydrolysis) is 1. The van der Waals surface area contributed by atoms with Crippen molar-refractivity contribution in [1.29, 1.82) is 0 Å². The smallest absolute Gasteiger partial charge is 0.426 e. The maximum absolute atomic E-state index is 12.8. The average Bonchev–Trinajstić information content (AvgIpc) is 3.35. The first kappa shape index (κ1) is 33.0. The van der Waals surface area contributed by atoms with Gasteiger partial charge in [-0.1, -0.05) is 87.9 Å². The monoisotopic (exact) mass is 615 g/mol. The fourth-order valence-electron chi connectivity index (χ4n) is 5.26. The summed E-state index contributed by atoms with van der Waals surface area (Å²) in [7, 11) is 0. The minimum absolute atomic E-state index is 0.0502. The molecule has 3 aromatic carbocycles. The Morgan fingerprint density at radius 3 is 2.02 bits per heavy atom. The van der Waals surface area contributed by atoms with Gasteiger partial charge in [0.25, 0.3) is 5.91 Å². The van der Waals surface area contributed by atoms with Crippen molar-refractivity contribution in [2.24, 2.45) is 11.7 Å². The van der Waals surface area contributed by atoms with Crippen LogP contribution in [0.5, 0.6) is 0 Å². The molecule has 0 aliphatic heterocycles. The molecule has 6 N–H and O–H groups in total. The number of nitrogens with one attached hydrogen (secondary N) is 4. The molecule has 0 fully saturated rings. The zero-order valence-corrected chi connectivity index (χ0v) is 25.8. The lowest BCUT2D eigenvalue weighted by molar-refractivity contribution is -0.124. The van der Waals surface area contributed by atoms with E-state index in [9.17, 15) is 19.2 Å². The number of fused-ring (bicyclic) bond motifs is 3. The Kier molecular flexibility index (Phi) is 11.5. The third-order valence-electron chi connectivity index (χ3n) is 7.47. The fourth-order valence-corrected chi connectivity index (χ4v) is 5.26. The lowest BCUT2D eigenvalue weighted by Crippen LogP contribution is -2.52. The molecular formula is C34H41N5O6. The van der Waals surface area contributed by atoms with Crippen molar-refractivity contribution in [2.75, 3.05) is 11.9 Å².